The van der Waals surface area contributed by atoms with Crippen LogP contribution in [0.1, 0.15) is 37.8 Å². The Balaban J connectivity index is 1.95. The summed E-state index contributed by atoms with van der Waals surface area (Å²) in [6, 6.07) is 9.00. The van der Waals surface area contributed by atoms with E-state index in [0.717, 1.165) is 11.7 Å². The molecule has 15 heavy (non-hydrogen) atoms. The third-order valence-electron chi connectivity index (χ3n) is 2.90. The Kier molecular flexibility index (Phi) is 3.71. The Hall–Kier alpha value is -0.470. The maximum absolute atomic E-state index is 6.15. The van der Waals surface area contributed by atoms with Crippen molar-refractivity contribution in [3.8, 4) is 0 Å². The van der Waals surface area contributed by atoms with Crippen molar-refractivity contribution in [3.63, 3.8) is 0 Å². The molecule has 0 amide bonds. The highest BCUT2D eigenvalue weighted by Gasteiger charge is 2.24. The Labute approximate surface area is 96.4 Å². The van der Waals surface area contributed by atoms with E-state index in [4.69, 9.17) is 5.73 Å². The van der Waals surface area contributed by atoms with E-state index in [9.17, 15) is 0 Å². The van der Waals surface area contributed by atoms with Gasteiger partial charge in [-0.25, -0.2) is 0 Å². The summed E-state index contributed by atoms with van der Waals surface area (Å²) in [5.74, 6) is 2.04. The van der Waals surface area contributed by atoms with E-state index in [1.54, 1.807) is 0 Å². The molecule has 2 heteroatoms. The van der Waals surface area contributed by atoms with Crippen LogP contribution in [0.2, 0.25) is 0 Å². The molecule has 0 aliphatic heterocycles. The normalized spacial score (nSPS) is 17.7. The van der Waals surface area contributed by atoms with Crippen molar-refractivity contribution in [1.82, 2.24) is 0 Å². The SMILES string of the molecule is CCSc1ccc([C@@H](N)CC2CC2)cc1. The zero-order chi connectivity index (χ0) is 10.7. The zero-order valence-corrected chi connectivity index (χ0v) is 10.1. The molecule has 0 heterocycles. The van der Waals surface area contributed by atoms with Crippen LogP contribution in [-0.4, -0.2) is 5.75 Å². The van der Waals surface area contributed by atoms with Crippen molar-refractivity contribution >= 4 is 11.8 Å². The van der Waals surface area contributed by atoms with Gasteiger partial charge in [-0.1, -0.05) is 31.9 Å². The van der Waals surface area contributed by atoms with Gasteiger partial charge in [-0.3, -0.25) is 0 Å². The third kappa shape index (κ3) is 3.25. The predicted molar refractivity (Wildman–Crippen MR) is 67.1 cm³/mol. The summed E-state index contributed by atoms with van der Waals surface area (Å²) in [5, 5.41) is 0. The van der Waals surface area contributed by atoms with Gasteiger partial charge in [0.2, 0.25) is 0 Å². The Bertz CT molecular complexity index is 303. The number of thioether (sulfide) groups is 1. The third-order valence-corrected chi connectivity index (χ3v) is 3.80. The molecule has 1 nitrogen and oxygen atoms in total. The van der Waals surface area contributed by atoms with Gasteiger partial charge in [-0.2, -0.15) is 0 Å². The van der Waals surface area contributed by atoms with Crippen LogP contribution in [0, 0.1) is 5.92 Å². The molecule has 82 valence electrons. The molecule has 2 rings (SSSR count). The molecule has 1 aliphatic carbocycles. The topological polar surface area (TPSA) is 26.0 Å². The van der Waals surface area contributed by atoms with Gasteiger partial charge in [0.1, 0.15) is 0 Å². The summed E-state index contributed by atoms with van der Waals surface area (Å²) in [6.07, 6.45) is 3.94. The van der Waals surface area contributed by atoms with Crippen molar-refractivity contribution in [2.45, 2.75) is 37.1 Å². The van der Waals surface area contributed by atoms with E-state index in [1.807, 2.05) is 11.8 Å². The molecular weight excluding hydrogens is 202 g/mol. The van der Waals surface area contributed by atoms with Gasteiger partial charge >= 0.3 is 0 Å². The van der Waals surface area contributed by atoms with E-state index < -0.39 is 0 Å². The molecule has 1 aliphatic rings. The fourth-order valence-corrected chi connectivity index (χ4v) is 2.49. The largest absolute Gasteiger partial charge is 0.324 e. The van der Waals surface area contributed by atoms with E-state index in [1.165, 1.54) is 29.7 Å². The molecule has 1 aromatic carbocycles. The number of rotatable bonds is 5. The summed E-state index contributed by atoms with van der Waals surface area (Å²) in [5.41, 5.74) is 7.45. The molecular formula is C13H19NS. The van der Waals surface area contributed by atoms with E-state index in [0.29, 0.717) is 0 Å². The molecule has 1 atom stereocenters. The average Bonchev–Trinajstić information content (AvgIpc) is 3.03. The van der Waals surface area contributed by atoms with Crippen molar-refractivity contribution in [3.05, 3.63) is 29.8 Å². The van der Waals surface area contributed by atoms with E-state index in [2.05, 4.69) is 31.2 Å². The molecule has 0 aromatic heterocycles. The van der Waals surface area contributed by atoms with Crippen LogP contribution in [-0.2, 0) is 0 Å². The second kappa shape index (κ2) is 5.04. The maximum atomic E-state index is 6.15. The average molecular weight is 221 g/mol. The number of hydrogen-bond acceptors (Lipinski definition) is 2. The second-order valence-electron chi connectivity index (χ2n) is 4.29. The lowest BCUT2D eigenvalue weighted by Gasteiger charge is -2.11. The van der Waals surface area contributed by atoms with Crippen LogP contribution in [0.25, 0.3) is 0 Å². The lowest BCUT2D eigenvalue weighted by Crippen LogP contribution is -2.10. The van der Waals surface area contributed by atoms with Gasteiger partial charge < -0.3 is 5.73 Å². The first-order chi connectivity index (χ1) is 7.29. The predicted octanol–water partition coefficient (Wildman–Crippen LogP) is 3.60. The minimum absolute atomic E-state index is 0.248. The van der Waals surface area contributed by atoms with Crippen LogP contribution in [0.15, 0.2) is 29.2 Å². The molecule has 0 bridgehead atoms. The summed E-state index contributed by atoms with van der Waals surface area (Å²) < 4.78 is 0. The monoisotopic (exact) mass is 221 g/mol. The van der Waals surface area contributed by atoms with Gasteiger partial charge in [0.25, 0.3) is 0 Å². The van der Waals surface area contributed by atoms with Crippen LogP contribution >= 0.6 is 11.8 Å². The van der Waals surface area contributed by atoms with Crippen molar-refractivity contribution < 1.29 is 0 Å². The van der Waals surface area contributed by atoms with E-state index >= 15 is 0 Å². The maximum Gasteiger partial charge on any atom is 0.0297 e. The minimum atomic E-state index is 0.248. The first-order valence-electron chi connectivity index (χ1n) is 5.78. The lowest BCUT2D eigenvalue weighted by atomic mass is 10.0. The first kappa shape index (κ1) is 11.0. The molecule has 0 spiro atoms. The smallest absolute Gasteiger partial charge is 0.0297 e. The number of nitrogens with two attached hydrogens (primary N) is 1. The second-order valence-corrected chi connectivity index (χ2v) is 5.63. The minimum Gasteiger partial charge on any atom is -0.324 e. The summed E-state index contributed by atoms with van der Waals surface area (Å²) >= 11 is 1.88. The van der Waals surface area contributed by atoms with Gasteiger partial charge in [-0.05, 0) is 35.8 Å². The van der Waals surface area contributed by atoms with Gasteiger partial charge in [0.05, 0.1) is 0 Å². The standard InChI is InChI=1S/C13H19NS/c1-2-15-12-7-5-11(6-8-12)13(14)9-10-3-4-10/h5-8,10,13H,2-4,9,14H2,1H3/t13-/m0/s1. The van der Waals surface area contributed by atoms with Crippen LogP contribution in [0.5, 0.6) is 0 Å². The van der Waals surface area contributed by atoms with Crippen LogP contribution in [0.3, 0.4) is 0 Å². The van der Waals surface area contributed by atoms with Crippen molar-refractivity contribution in [2.75, 3.05) is 5.75 Å². The van der Waals surface area contributed by atoms with Gasteiger partial charge in [0, 0.05) is 10.9 Å². The molecule has 0 unspecified atom stereocenters. The fourth-order valence-electron chi connectivity index (χ4n) is 1.83. The Morgan fingerprint density at radius 2 is 2.00 bits per heavy atom. The van der Waals surface area contributed by atoms with E-state index in [-0.39, 0.29) is 6.04 Å². The highest BCUT2D eigenvalue weighted by atomic mass is 32.2. The Morgan fingerprint density at radius 3 is 2.53 bits per heavy atom. The van der Waals surface area contributed by atoms with Crippen LogP contribution < -0.4 is 5.73 Å². The van der Waals surface area contributed by atoms with Crippen molar-refractivity contribution in [2.24, 2.45) is 11.7 Å². The summed E-state index contributed by atoms with van der Waals surface area (Å²) in [6.45, 7) is 2.18. The summed E-state index contributed by atoms with van der Waals surface area (Å²) in [4.78, 5) is 1.35. The lowest BCUT2D eigenvalue weighted by molar-refractivity contribution is 0.597. The molecule has 2 N–H and O–H groups in total. The molecule has 1 aromatic rings. The Morgan fingerprint density at radius 1 is 1.33 bits per heavy atom. The highest BCUT2D eigenvalue weighted by Crippen LogP contribution is 2.36. The number of benzene rings is 1. The molecule has 1 saturated carbocycles. The van der Waals surface area contributed by atoms with Crippen LogP contribution in [0.4, 0.5) is 0 Å². The molecule has 0 saturated heterocycles. The van der Waals surface area contributed by atoms with Gasteiger partial charge in [-0.15, -0.1) is 11.8 Å². The highest BCUT2D eigenvalue weighted by molar-refractivity contribution is 7.99. The summed E-state index contributed by atoms with van der Waals surface area (Å²) in [7, 11) is 0. The van der Waals surface area contributed by atoms with Gasteiger partial charge in [0.15, 0.2) is 0 Å². The number of hydrogen-bond donors (Lipinski definition) is 1. The fraction of sp³-hybridized carbons (Fsp3) is 0.538. The molecule has 1 fully saturated rings. The quantitative estimate of drug-likeness (QED) is 0.769. The zero-order valence-electron chi connectivity index (χ0n) is 9.28. The molecule has 0 radical (unpaired) electrons. The first-order valence-corrected chi connectivity index (χ1v) is 6.76. The van der Waals surface area contributed by atoms with Crippen molar-refractivity contribution in [1.29, 1.82) is 0 Å².